The summed E-state index contributed by atoms with van der Waals surface area (Å²) in [6.45, 7) is 0. The lowest BCUT2D eigenvalue weighted by molar-refractivity contribution is -0.117. The molecule has 0 unspecified atom stereocenters. The monoisotopic (exact) mass is 491 g/mol. The third kappa shape index (κ3) is 3.68. The van der Waals surface area contributed by atoms with Crippen molar-refractivity contribution in [1.29, 1.82) is 0 Å². The van der Waals surface area contributed by atoms with Gasteiger partial charge in [-0.05, 0) is 42.7 Å². The molecule has 6 aromatic heterocycles. The maximum absolute atomic E-state index is 16.0. The molecule has 11 heteroatoms. The molecule has 0 bridgehead atoms. The van der Waals surface area contributed by atoms with Crippen molar-refractivity contribution in [3.05, 3.63) is 67.3 Å². The predicted octanol–water partition coefficient (Wildman–Crippen LogP) is 4.51. The topological polar surface area (TPSA) is 138 Å². The Morgan fingerprint density at radius 3 is 2.68 bits per heavy atom. The summed E-state index contributed by atoms with van der Waals surface area (Å²) in [5.74, 6) is -0.143. The van der Waals surface area contributed by atoms with Gasteiger partial charge in [0.1, 0.15) is 17.0 Å². The highest BCUT2D eigenvalue weighted by Crippen LogP contribution is 2.35. The van der Waals surface area contributed by atoms with Gasteiger partial charge < -0.3 is 10.3 Å². The lowest BCUT2D eigenvalue weighted by atomic mass is 10.1. The first-order valence-corrected chi connectivity index (χ1v) is 11.7. The summed E-state index contributed by atoms with van der Waals surface area (Å²) in [4.78, 5) is 37.1. The van der Waals surface area contributed by atoms with Gasteiger partial charge in [-0.1, -0.05) is 0 Å². The van der Waals surface area contributed by atoms with Crippen LogP contribution < -0.4 is 5.32 Å². The number of amides is 1. The first-order chi connectivity index (χ1) is 18.2. The van der Waals surface area contributed by atoms with Crippen molar-refractivity contribution >= 4 is 33.8 Å². The van der Waals surface area contributed by atoms with Gasteiger partial charge in [0.25, 0.3) is 0 Å². The second-order valence-electron chi connectivity index (χ2n) is 8.89. The number of pyridine rings is 4. The molecule has 37 heavy (non-hydrogen) atoms. The third-order valence-corrected chi connectivity index (χ3v) is 6.40. The van der Waals surface area contributed by atoms with Crippen LogP contribution in [0.1, 0.15) is 12.8 Å². The summed E-state index contributed by atoms with van der Waals surface area (Å²) >= 11 is 0. The fourth-order valence-electron chi connectivity index (χ4n) is 4.36. The number of aromatic nitrogens is 8. The zero-order valence-corrected chi connectivity index (χ0v) is 19.2. The summed E-state index contributed by atoms with van der Waals surface area (Å²) in [5, 5.41) is 10.1. The van der Waals surface area contributed by atoms with Gasteiger partial charge in [-0.15, -0.1) is 0 Å². The Kier molecular flexibility index (Phi) is 4.74. The number of nitrogens with one attached hydrogen (secondary N) is 3. The highest BCUT2D eigenvalue weighted by atomic mass is 19.1. The number of carbonyl (C=O) groups is 1. The molecule has 0 saturated heterocycles. The molecule has 1 aliphatic rings. The van der Waals surface area contributed by atoms with E-state index in [4.69, 9.17) is 4.98 Å². The van der Waals surface area contributed by atoms with Crippen molar-refractivity contribution in [2.45, 2.75) is 12.8 Å². The van der Waals surface area contributed by atoms with Crippen LogP contribution in [0.5, 0.6) is 0 Å². The summed E-state index contributed by atoms with van der Waals surface area (Å²) in [6.07, 6.45) is 11.4. The largest absolute Gasteiger partial charge is 0.324 e. The minimum atomic E-state index is -0.524. The SMILES string of the molecule is O=C(Nc1cncc(-c2cnc3n[nH]c(-c4nc5c(-c6ccncc6)ccnc5[nH]4)c3c2F)c1)C1CC1. The fraction of sp³-hybridized carbons (Fsp3) is 0.115. The van der Waals surface area contributed by atoms with Gasteiger partial charge in [0.05, 0.1) is 17.3 Å². The van der Waals surface area contributed by atoms with E-state index in [1.807, 2.05) is 18.2 Å². The average molecular weight is 491 g/mol. The number of halogens is 1. The van der Waals surface area contributed by atoms with E-state index >= 15 is 4.39 Å². The number of rotatable bonds is 5. The third-order valence-electron chi connectivity index (χ3n) is 6.40. The van der Waals surface area contributed by atoms with Gasteiger partial charge in [0.15, 0.2) is 17.1 Å². The quantitative estimate of drug-likeness (QED) is 0.323. The number of H-pyrrole nitrogens is 2. The number of hydrogen-bond acceptors (Lipinski definition) is 7. The van der Waals surface area contributed by atoms with Crippen molar-refractivity contribution in [3.63, 3.8) is 0 Å². The Balaban J connectivity index is 1.32. The van der Waals surface area contributed by atoms with E-state index in [0.717, 1.165) is 24.0 Å². The minimum Gasteiger partial charge on any atom is -0.324 e. The van der Waals surface area contributed by atoms with E-state index in [-0.39, 0.29) is 28.4 Å². The van der Waals surface area contributed by atoms with E-state index in [1.54, 1.807) is 30.9 Å². The number of imidazole rings is 1. The number of aromatic amines is 2. The maximum Gasteiger partial charge on any atom is 0.227 e. The number of hydrogen-bond donors (Lipinski definition) is 3. The number of fused-ring (bicyclic) bond motifs is 2. The highest BCUT2D eigenvalue weighted by molar-refractivity contribution is 5.97. The number of anilines is 1. The molecule has 1 saturated carbocycles. The molecule has 6 heterocycles. The molecular formula is C26H18FN9O. The van der Waals surface area contributed by atoms with Crippen LogP contribution in [-0.4, -0.2) is 46.0 Å². The van der Waals surface area contributed by atoms with Crippen LogP contribution in [0.15, 0.2) is 61.4 Å². The molecule has 0 aromatic carbocycles. The predicted molar refractivity (Wildman–Crippen MR) is 135 cm³/mol. The second kappa shape index (κ2) is 8.26. The van der Waals surface area contributed by atoms with Gasteiger partial charge >= 0.3 is 0 Å². The molecule has 0 spiro atoms. The van der Waals surface area contributed by atoms with Gasteiger partial charge in [-0.25, -0.2) is 19.3 Å². The Labute approximate surface area is 208 Å². The van der Waals surface area contributed by atoms with Gasteiger partial charge in [0.2, 0.25) is 5.91 Å². The van der Waals surface area contributed by atoms with Crippen LogP contribution in [0.4, 0.5) is 10.1 Å². The van der Waals surface area contributed by atoms with Crippen LogP contribution in [0.3, 0.4) is 0 Å². The van der Waals surface area contributed by atoms with Crippen molar-refractivity contribution in [2.75, 3.05) is 5.32 Å². The van der Waals surface area contributed by atoms with Crippen LogP contribution in [-0.2, 0) is 4.79 Å². The Morgan fingerprint density at radius 1 is 0.973 bits per heavy atom. The standard InChI is InChI=1S/C26H18FN9O/c27-20-18(15-9-16(11-29-10-15)32-26(37)14-1-2-14)12-31-23-19(20)22(35-36-23)25-33-21-17(5-8-30-24(21)34-25)13-3-6-28-7-4-13/h3-12,14H,1-2H2,(H,32,37)(H,30,33,34)(H,31,35,36). The lowest BCUT2D eigenvalue weighted by Gasteiger charge is -2.08. The molecule has 7 rings (SSSR count). The maximum atomic E-state index is 16.0. The molecule has 0 atom stereocenters. The molecule has 1 fully saturated rings. The lowest BCUT2D eigenvalue weighted by Crippen LogP contribution is -2.13. The highest BCUT2D eigenvalue weighted by Gasteiger charge is 2.29. The number of carbonyl (C=O) groups excluding carboxylic acids is 1. The second-order valence-corrected chi connectivity index (χ2v) is 8.89. The summed E-state index contributed by atoms with van der Waals surface area (Å²) in [5.41, 5.74) is 4.79. The fourth-order valence-corrected chi connectivity index (χ4v) is 4.36. The van der Waals surface area contributed by atoms with Crippen LogP contribution in [0, 0.1) is 11.7 Å². The summed E-state index contributed by atoms with van der Waals surface area (Å²) < 4.78 is 16.0. The molecule has 180 valence electrons. The van der Waals surface area contributed by atoms with E-state index < -0.39 is 5.82 Å². The Bertz CT molecular complexity index is 1810. The van der Waals surface area contributed by atoms with Crippen molar-refractivity contribution < 1.29 is 9.18 Å². The Morgan fingerprint density at radius 2 is 1.84 bits per heavy atom. The summed E-state index contributed by atoms with van der Waals surface area (Å²) in [6, 6.07) is 7.33. The van der Waals surface area contributed by atoms with Crippen LogP contribution in [0.2, 0.25) is 0 Å². The molecule has 6 aromatic rings. The van der Waals surface area contributed by atoms with Crippen LogP contribution in [0.25, 0.3) is 56.0 Å². The van der Waals surface area contributed by atoms with Crippen molar-refractivity contribution in [2.24, 2.45) is 5.92 Å². The molecule has 0 aliphatic heterocycles. The molecule has 3 N–H and O–H groups in total. The minimum absolute atomic E-state index is 0.0456. The van der Waals surface area contributed by atoms with Gasteiger partial charge in [-0.2, -0.15) is 5.10 Å². The van der Waals surface area contributed by atoms with Crippen LogP contribution >= 0.6 is 0 Å². The van der Waals surface area contributed by atoms with E-state index in [0.29, 0.717) is 33.9 Å². The van der Waals surface area contributed by atoms with Gasteiger partial charge in [-0.3, -0.25) is 19.9 Å². The first kappa shape index (κ1) is 21.2. The van der Waals surface area contributed by atoms with E-state index in [2.05, 4.69) is 40.4 Å². The normalized spacial score (nSPS) is 13.3. The first-order valence-electron chi connectivity index (χ1n) is 11.7. The van der Waals surface area contributed by atoms with Crippen molar-refractivity contribution in [3.8, 4) is 33.8 Å². The molecule has 1 amide bonds. The zero-order chi connectivity index (χ0) is 24.9. The molecule has 10 nitrogen and oxygen atoms in total. The molecular weight excluding hydrogens is 473 g/mol. The smallest absolute Gasteiger partial charge is 0.227 e. The van der Waals surface area contributed by atoms with E-state index in [9.17, 15) is 4.79 Å². The number of nitrogens with zero attached hydrogens (tertiary/aromatic N) is 6. The van der Waals surface area contributed by atoms with Gasteiger partial charge in [0, 0.05) is 53.6 Å². The van der Waals surface area contributed by atoms with E-state index in [1.165, 1.54) is 12.4 Å². The summed E-state index contributed by atoms with van der Waals surface area (Å²) in [7, 11) is 0. The molecule has 1 aliphatic carbocycles. The zero-order valence-electron chi connectivity index (χ0n) is 19.2. The Hall–Kier alpha value is -5.06. The van der Waals surface area contributed by atoms with Crippen molar-refractivity contribution in [1.82, 2.24) is 40.1 Å². The molecule has 0 radical (unpaired) electrons. The average Bonchev–Trinajstić information content (AvgIpc) is 3.54.